The molecule has 19 heavy (non-hydrogen) atoms. The zero-order valence-corrected chi connectivity index (χ0v) is 13.2. The molecule has 0 spiro atoms. The molecule has 3 nitrogen and oxygen atoms in total. The molecule has 1 aromatic carbocycles. The number of rotatable bonds is 6. The summed E-state index contributed by atoms with van der Waals surface area (Å²) < 4.78 is 17.3. The highest BCUT2D eigenvalue weighted by Gasteiger charge is 2.16. The number of halogens is 1. The van der Waals surface area contributed by atoms with Gasteiger partial charge in [-0.2, -0.15) is 0 Å². The summed E-state index contributed by atoms with van der Waals surface area (Å²) >= 11 is 5.09. The van der Waals surface area contributed by atoms with Gasteiger partial charge in [0.15, 0.2) is 12.5 Å². The molecule has 0 unspecified atom stereocenters. The highest BCUT2D eigenvalue weighted by Crippen LogP contribution is 2.44. The van der Waals surface area contributed by atoms with Crippen LogP contribution >= 0.6 is 27.3 Å². The van der Waals surface area contributed by atoms with Crippen molar-refractivity contribution in [2.24, 2.45) is 0 Å². The van der Waals surface area contributed by atoms with E-state index in [4.69, 9.17) is 14.2 Å². The minimum absolute atomic E-state index is 0.244. The molecular weight excluding hydrogens is 328 g/mol. The summed E-state index contributed by atoms with van der Waals surface area (Å²) in [6, 6.07) is 7.88. The van der Waals surface area contributed by atoms with Crippen molar-refractivity contribution in [3.63, 3.8) is 0 Å². The van der Waals surface area contributed by atoms with Crippen molar-refractivity contribution in [2.45, 2.75) is 6.92 Å². The van der Waals surface area contributed by atoms with E-state index in [0.717, 1.165) is 26.4 Å². The average molecular weight is 343 g/mol. The molecule has 0 radical (unpaired) electrons. The average Bonchev–Trinajstić information content (AvgIpc) is 2.80. The van der Waals surface area contributed by atoms with Crippen LogP contribution in [0.3, 0.4) is 0 Å². The Labute approximate surface area is 125 Å². The topological polar surface area (TPSA) is 27.7 Å². The molecule has 0 saturated carbocycles. The van der Waals surface area contributed by atoms with Crippen LogP contribution in [-0.2, 0) is 4.74 Å². The summed E-state index contributed by atoms with van der Waals surface area (Å²) in [5.74, 6) is 1.62. The van der Waals surface area contributed by atoms with Crippen LogP contribution in [0.5, 0.6) is 11.5 Å². The summed E-state index contributed by atoms with van der Waals surface area (Å²) in [7, 11) is 1.67. The molecular formula is C14H15BrO3S. The minimum Gasteiger partial charge on any atom is -0.496 e. The van der Waals surface area contributed by atoms with Crippen molar-refractivity contribution in [3.05, 3.63) is 33.4 Å². The van der Waals surface area contributed by atoms with Gasteiger partial charge in [0.2, 0.25) is 0 Å². The van der Waals surface area contributed by atoms with E-state index in [9.17, 15) is 0 Å². The Bertz CT molecular complexity index is 539. The van der Waals surface area contributed by atoms with Crippen LogP contribution < -0.4 is 9.47 Å². The maximum Gasteiger partial charge on any atom is 0.189 e. The number of ether oxygens (including phenoxy) is 3. The van der Waals surface area contributed by atoms with Crippen LogP contribution in [0.25, 0.3) is 11.1 Å². The Morgan fingerprint density at radius 2 is 2.00 bits per heavy atom. The number of methoxy groups -OCH3 is 1. The second-order valence-electron chi connectivity index (χ2n) is 3.71. The van der Waals surface area contributed by atoms with Crippen molar-refractivity contribution in [1.82, 2.24) is 0 Å². The second kappa shape index (κ2) is 6.93. The van der Waals surface area contributed by atoms with Gasteiger partial charge in [0.1, 0.15) is 9.54 Å². The monoisotopic (exact) mass is 342 g/mol. The first-order valence-electron chi connectivity index (χ1n) is 5.88. The van der Waals surface area contributed by atoms with Crippen LogP contribution in [0, 0.1) is 0 Å². The minimum atomic E-state index is 0.244. The third-order valence-corrected chi connectivity index (χ3v) is 4.26. The summed E-state index contributed by atoms with van der Waals surface area (Å²) in [6.45, 7) is 2.81. The van der Waals surface area contributed by atoms with Crippen LogP contribution in [0.15, 0.2) is 33.4 Å². The summed E-state index contributed by atoms with van der Waals surface area (Å²) in [4.78, 5) is 0. The van der Waals surface area contributed by atoms with Gasteiger partial charge in [0.05, 0.1) is 7.11 Å². The Kier molecular flexibility index (Phi) is 5.24. The molecule has 0 atom stereocenters. The van der Waals surface area contributed by atoms with E-state index >= 15 is 0 Å². The molecule has 0 aliphatic carbocycles. The highest BCUT2D eigenvalue weighted by molar-refractivity contribution is 9.11. The van der Waals surface area contributed by atoms with E-state index in [1.54, 1.807) is 18.4 Å². The van der Waals surface area contributed by atoms with Gasteiger partial charge in [-0.15, -0.1) is 11.3 Å². The molecule has 0 aliphatic heterocycles. The highest BCUT2D eigenvalue weighted by atomic mass is 79.9. The molecule has 0 saturated heterocycles. The van der Waals surface area contributed by atoms with Crippen molar-refractivity contribution >= 4 is 27.3 Å². The SMILES string of the molecule is CCOCOc1c(-c2ccccc2OC)csc1Br. The van der Waals surface area contributed by atoms with Gasteiger partial charge >= 0.3 is 0 Å². The zero-order valence-electron chi connectivity index (χ0n) is 10.8. The predicted molar refractivity (Wildman–Crippen MR) is 81.1 cm³/mol. The van der Waals surface area contributed by atoms with Crippen molar-refractivity contribution < 1.29 is 14.2 Å². The summed E-state index contributed by atoms with van der Waals surface area (Å²) in [6.07, 6.45) is 0. The van der Waals surface area contributed by atoms with Gasteiger partial charge in [-0.1, -0.05) is 18.2 Å². The van der Waals surface area contributed by atoms with E-state index in [-0.39, 0.29) is 6.79 Å². The quantitative estimate of drug-likeness (QED) is 0.568. The van der Waals surface area contributed by atoms with Gasteiger partial charge in [0.25, 0.3) is 0 Å². The Balaban J connectivity index is 2.34. The molecule has 0 aliphatic rings. The van der Waals surface area contributed by atoms with E-state index in [1.807, 2.05) is 36.6 Å². The number of para-hydroxylation sites is 1. The fourth-order valence-corrected chi connectivity index (χ4v) is 3.03. The van der Waals surface area contributed by atoms with E-state index < -0.39 is 0 Å². The van der Waals surface area contributed by atoms with Crippen LogP contribution in [0.2, 0.25) is 0 Å². The van der Waals surface area contributed by atoms with Crippen LogP contribution in [0.4, 0.5) is 0 Å². The van der Waals surface area contributed by atoms with Crippen molar-refractivity contribution in [3.8, 4) is 22.6 Å². The number of hydrogen-bond acceptors (Lipinski definition) is 4. The fourth-order valence-electron chi connectivity index (χ4n) is 1.69. The fraction of sp³-hybridized carbons (Fsp3) is 0.286. The smallest absolute Gasteiger partial charge is 0.189 e. The van der Waals surface area contributed by atoms with Crippen molar-refractivity contribution in [2.75, 3.05) is 20.5 Å². The lowest BCUT2D eigenvalue weighted by molar-refractivity contribution is 0.0226. The largest absolute Gasteiger partial charge is 0.496 e. The predicted octanol–water partition coefficient (Wildman–Crippen LogP) is 4.56. The Morgan fingerprint density at radius 1 is 1.21 bits per heavy atom. The first kappa shape index (κ1) is 14.4. The number of thiophene rings is 1. The lowest BCUT2D eigenvalue weighted by atomic mass is 10.1. The molecule has 0 bridgehead atoms. The lowest BCUT2D eigenvalue weighted by Gasteiger charge is -2.11. The molecule has 2 rings (SSSR count). The Hall–Kier alpha value is -1.04. The molecule has 0 amide bonds. The third-order valence-electron chi connectivity index (χ3n) is 2.59. The van der Waals surface area contributed by atoms with Gasteiger partial charge in [-0.05, 0) is 28.9 Å². The van der Waals surface area contributed by atoms with Crippen LogP contribution in [0.1, 0.15) is 6.92 Å². The summed E-state index contributed by atoms with van der Waals surface area (Å²) in [5, 5.41) is 2.04. The van der Waals surface area contributed by atoms with E-state index in [2.05, 4.69) is 15.9 Å². The van der Waals surface area contributed by atoms with Gasteiger partial charge in [0, 0.05) is 23.1 Å². The molecule has 0 N–H and O–H groups in total. The van der Waals surface area contributed by atoms with Crippen molar-refractivity contribution in [1.29, 1.82) is 0 Å². The van der Waals surface area contributed by atoms with Gasteiger partial charge in [-0.3, -0.25) is 0 Å². The van der Waals surface area contributed by atoms with Gasteiger partial charge < -0.3 is 14.2 Å². The maximum absolute atomic E-state index is 5.69. The molecule has 5 heteroatoms. The first-order chi connectivity index (χ1) is 9.27. The second-order valence-corrected chi connectivity index (χ2v) is 5.91. The molecule has 1 heterocycles. The van der Waals surface area contributed by atoms with Gasteiger partial charge in [-0.25, -0.2) is 0 Å². The normalized spacial score (nSPS) is 10.5. The third kappa shape index (κ3) is 3.29. The zero-order chi connectivity index (χ0) is 13.7. The molecule has 1 aromatic heterocycles. The molecule has 102 valence electrons. The number of benzene rings is 1. The maximum atomic E-state index is 5.69. The Morgan fingerprint density at radius 3 is 2.74 bits per heavy atom. The standard InChI is InChI=1S/C14H15BrO3S/c1-3-17-9-18-13-11(8-19-14(13)15)10-6-4-5-7-12(10)16-2/h4-8H,3,9H2,1-2H3. The lowest BCUT2D eigenvalue weighted by Crippen LogP contribution is -2.02. The summed E-state index contributed by atoms with van der Waals surface area (Å²) in [5.41, 5.74) is 2.02. The molecule has 2 aromatic rings. The van der Waals surface area contributed by atoms with E-state index in [0.29, 0.717) is 6.61 Å². The van der Waals surface area contributed by atoms with Crippen LogP contribution in [-0.4, -0.2) is 20.5 Å². The number of hydrogen-bond donors (Lipinski definition) is 0. The van der Waals surface area contributed by atoms with E-state index in [1.165, 1.54) is 0 Å². The molecule has 0 fully saturated rings. The first-order valence-corrected chi connectivity index (χ1v) is 7.56.